The fourth-order valence-electron chi connectivity index (χ4n) is 1.94. The number of aliphatic hydroxyl groups excluding tert-OH is 1. The predicted molar refractivity (Wildman–Crippen MR) is 75.3 cm³/mol. The summed E-state index contributed by atoms with van der Waals surface area (Å²) < 4.78 is 5.22. The number of hydrogen-bond donors (Lipinski definition) is 2. The highest BCUT2D eigenvalue weighted by molar-refractivity contribution is 6.31. The average Bonchev–Trinajstić information content (AvgIpc) is 2.40. The van der Waals surface area contributed by atoms with Gasteiger partial charge >= 0.3 is 0 Å². The van der Waals surface area contributed by atoms with Crippen LogP contribution in [0.2, 0.25) is 5.02 Å². The lowest BCUT2D eigenvalue weighted by Gasteiger charge is -2.17. The first-order chi connectivity index (χ1) is 9.13. The van der Waals surface area contributed by atoms with Crippen LogP contribution in [0.4, 0.5) is 5.69 Å². The van der Waals surface area contributed by atoms with Gasteiger partial charge in [0.05, 0.1) is 18.2 Å². The van der Waals surface area contributed by atoms with Gasteiger partial charge in [-0.05, 0) is 23.8 Å². The average molecular weight is 279 g/mol. The van der Waals surface area contributed by atoms with E-state index in [1.165, 1.54) is 0 Å². The van der Waals surface area contributed by atoms with E-state index in [2.05, 4.69) is 4.98 Å². The number of aliphatic hydroxyl groups is 1. The molecular formula is C14H15ClN2O2. The van der Waals surface area contributed by atoms with Crippen molar-refractivity contribution in [1.29, 1.82) is 0 Å². The number of ether oxygens (including phenoxy) is 1. The van der Waals surface area contributed by atoms with E-state index >= 15 is 0 Å². The van der Waals surface area contributed by atoms with E-state index in [1.54, 1.807) is 43.8 Å². The first kappa shape index (κ1) is 13.6. The first-order valence-electron chi connectivity index (χ1n) is 5.82. The molecule has 0 aliphatic heterocycles. The number of nitrogen functional groups attached to an aromatic ring is 1. The monoisotopic (exact) mass is 278 g/mol. The molecule has 2 rings (SSSR count). The number of nitrogens with zero attached hydrogens (tertiary/aromatic N) is 1. The van der Waals surface area contributed by atoms with E-state index in [0.717, 1.165) is 5.56 Å². The Kier molecular flexibility index (Phi) is 4.24. The molecule has 0 saturated carbocycles. The Balaban J connectivity index is 2.30. The van der Waals surface area contributed by atoms with Crippen LogP contribution in [0.1, 0.15) is 17.2 Å². The lowest BCUT2D eigenvalue weighted by Crippen LogP contribution is -2.07. The minimum absolute atomic E-state index is 0.333. The van der Waals surface area contributed by atoms with Crippen molar-refractivity contribution in [3.63, 3.8) is 0 Å². The molecule has 4 nitrogen and oxygen atoms in total. The van der Waals surface area contributed by atoms with Gasteiger partial charge in [0, 0.05) is 30.1 Å². The first-order valence-corrected chi connectivity index (χ1v) is 6.20. The summed E-state index contributed by atoms with van der Waals surface area (Å²) >= 11 is 6.12. The summed E-state index contributed by atoms with van der Waals surface area (Å²) in [5.41, 5.74) is 7.78. The Hall–Kier alpha value is -1.78. The standard InChI is InChI=1S/C14H15ClN2O2/c1-19-13-4-2-3-10(15)14(13)12(18)7-9-8-17-6-5-11(9)16/h2-6,8,12,18H,7H2,1H3,(H2,16,17). The number of halogens is 1. The van der Waals surface area contributed by atoms with Gasteiger partial charge in [-0.1, -0.05) is 17.7 Å². The van der Waals surface area contributed by atoms with Gasteiger partial charge in [-0.3, -0.25) is 4.98 Å². The second-order valence-electron chi connectivity index (χ2n) is 4.15. The molecule has 0 spiro atoms. The van der Waals surface area contributed by atoms with Crippen LogP contribution >= 0.6 is 11.6 Å². The van der Waals surface area contributed by atoms with Crippen LogP contribution in [0, 0.1) is 0 Å². The Morgan fingerprint density at radius 3 is 2.89 bits per heavy atom. The Labute approximate surface area is 116 Å². The zero-order valence-corrected chi connectivity index (χ0v) is 11.3. The number of methoxy groups -OCH3 is 1. The zero-order valence-electron chi connectivity index (χ0n) is 10.5. The highest BCUT2D eigenvalue weighted by Gasteiger charge is 2.18. The van der Waals surface area contributed by atoms with Gasteiger partial charge in [-0.25, -0.2) is 0 Å². The van der Waals surface area contributed by atoms with Crippen molar-refractivity contribution in [3.8, 4) is 5.75 Å². The number of hydrogen-bond acceptors (Lipinski definition) is 4. The second kappa shape index (κ2) is 5.91. The van der Waals surface area contributed by atoms with Gasteiger partial charge in [-0.2, -0.15) is 0 Å². The van der Waals surface area contributed by atoms with E-state index in [-0.39, 0.29) is 0 Å². The number of benzene rings is 1. The third-order valence-electron chi connectivity index (χ3n) is 2.92. The number of anilines is 1. The molecule has 0 radical (unpaired) electrons. The molecule has 1 aromatic carbocycles. The van der Waals surface area contributed by atoms with Gasteiger partial charge in [0.1, 0.15) is 5.75 Å². The Bertz CT molecular complexity index is 575. The van der Waals surface area contributed by atoms with Crippen LogP contribution in [0.3, 0.4) is 0 Å². The van der Waals surface area contributed by atoms with Crippen LogP contribution in [-0.4, -0.2) is 17.2 Å². The molecule has 2 aromatic rings. The minimum Gasteiger partial charge on any atom is -0.496 e. The molecule has 100 valence electrons. The van der Waals surface area contributed by atoms with Crippen molar-refractivity contribution in [2.75, 3.05) is 12.8 Å². The van der Waals surface area contributed by atoms with Gasteiger partial charge in [0.15, 0.2) is 0 Å². The lowest BCUT2D eigenvalue weighted by molar-refractivity contribution is 0.174. The predicted octanol–water partition coefficient (Wildman–Crippen LogP) is 2.60. The fourth-order valence-corrected chi connectivity index (χ4v) is 2.23. The van der Waals surface area contributed by atoms with E-state index in [4.69, 9.17) is 22.1 Å². The summed E-state index contributed by atoms with van der Waals surface area (Å²) in [5.74, 6) is 0.558. The molecule has 0 bridgehead atoms. The summed E-state index contributed by atoms with van der Waals surface area (Å²) in [6.07, 6.45) is 2.79. The summed E-state index contributed by atoms with van der Waals surface area (Å²) in [6, 6.07) is 6.95. The van der Waals surface area contributed by atoms with Crippen molar-refractivity contribution in [2.45, 2.75) is 12.5 Å². The van der Waals surface area contributed by atoms with Gasteiger partial charge in [0.25, 0.3) is 0 Å². The Morgan fingerprint density at radius 1 is 1.42 bits per heavy atom. The van der Waals surface area contributed by atoms with E-state index in [0.29, 0.717) is 28.4 Å². The molecule has 1 heterocycles. The van der Waals surface area contributed by atoms with Crippen molar-refractivity contribution in [2.24, 2.45) is 0 Å². The molecule has 3 N–H and O–H groups in total. The molecule has 1 unspecified atom stereocenters. The quantitative estimate of drug-likeness (QED) is 0.902. The molecule has 1 aromatic heterocycles. The topological polar surface area (TPSA) is 68.4 Å². The van der Waals surface area contributed by atoms with Crippen molar-refractivity contribution < 1.29 is 9.84 Å². The van der Waals surface area contributed by atoms with Gasteiger partial charge in [-0.15, -0.1) is 0 Å². The van der Waals surface area contributed by atoms with Crippen molar-refractivity contribution in [3.05, 3.63) is 52.8 Å². The number of rotatable bonds is 4. The normalized spacial score (nSPS) is 12.2. The van der Waals surface area contributed by atoms with Crippen molar-refractivity contribution in [1.82, 2.24) is 4.98 Å². The number of aromatic nitrogens is 1. The maximum Gasteiger partial charge on any atom is 0.126 e. The summed E-state index contributed by atoms with van der Waals surface area (Å²) in [7, 11) is 1.54. The molecule has 0 saturated heterocycles. The maximum absolute atomic E-state index is 10.3. The Morgan fingerprint density at radius 2 is 2.21 bits per heavy atom. The zero-order chi connectivity index (χ0) is 13.8. The number of nitrogens with two attached hydrogens (primary N) is 1. The number of pyridine rings is 1. The molecular weight excluding hydrogens is 264 g/mol. The highest BCUT2D eigenvalue weighted by atomic mass is 35.5. The van der Waals surface area contributed by atoms with Crippen LogP contribution in [0.25, 0.3) is 0 Å². The molecule has 5 heteroatoms. The molecule has 0 aliphatic carbocycles. The largest absolute Gasteiger partial charge is 0.496 e. The smallest absolute Gasteiger partial charge is 0.126 e. The maximum atomic E-state index is 10.3. The van der Waals surface area contributed by atoms with Gasteiger partial charge in [0.2, 0.25) is 0 Å². The molecule has 0 aliphatic rings. The van der Waals surface area contributed by atoms with Crippen LogP contribution in [-0.2, 0) is 6.42 Å². The molecule has 0 fully saturated rings. The summed E-state index contributed by atoms with van der Waals surface area (Å²) in [6.45, 7) is 0. The minimum atomic E-state index is -0.796. The van der Waals surface area contributed by atoms with Gasteiger partial charge < -0.3 is 15.6 Å². The second-order valence-corrected chi connectivity index (χ2v) is 4.56. The van der Waals surface area contributed by atoms with E-state index < -0.39 is 6.10 Å². The fraction of sp³-hybridized carbons (Fsp3) is 0.214. The van der Waals surface area contributed by atoms with Crippen LogP contribution in [0.5, 0.6) is 5.75 Å². The third-order valence-corrected chi connectivity index (χ3v) is 3.25. The van der Waals surface area contributed by atoms with E-state index in [1.807, 2.05) is 0 Å². The summed E-state index contributed by atoms with van der Waals surface area (Å²) in [5, 5.41) is 10.8. The van der Waals surface area contributed by atoms with E-state index in [9.17, 15) is 5.11 Å². The summed E-state index contributed by atoms with van der Waals surface area (Å²) in [4.78, 5) is 4.00. The van der Waals surface area contributed by atoms with Crippen LogP contribution < -0.4 is 10.5 Å². The lowest BCUT2D eigenvalue weighted by atomic mass is 10.0. The SMILES string of the molecule is COc1cccc(Cl)c1C(O)Cc1cnccc1N. The molecule has 1 atom stereocenters. The van der Waals surface area contributed by atoms with Crippen LogP contribution in [0.15, 0.2) is 36.7 Å². The molecule has 0 amide bonds. The third kappa shape index (κ3) is 2.97. The van der Waals surface area contributed by atoms with Crippen molar-refractivity contribution >= 4 is 17.3 Å². The molecule has 19 heavy (non-hydrogen) atoms. The highest BCUT2D eigenvalue weighted by Crippen LogP contribution is 2.34.